The highest BCUT2D eigenvalue weighted by Crippen LogP contribution is 2.46. The Labute approximate surface area is 169 Å². The molecule has 1 amide bonds. The summed E-state index contributed by atoms with van der Waals surface area (Å²) >= 11 is 0. The number of carbonyl (C=O) groups excluding carboxylic acids is 1. The Morgan fingerprint density at radius 2 is 1.69 bits per heavy atom. The SMILES string of the molecule is CC1(C)CCC(C)(C)c2cc([14C@@H](O)[14C](=O)Nc3ccc(C(=O)O)cc3F)ccc21. The van der Waals surface area contributed by atoms with Crippen LogP contribution in [-0.2, 0) is 15.6 Å². The van der Waals surface area contributed by atoms with E-state index < -0.39 is 23.8 Å². The lowest BCUT2D eigenvalue weighted by atomic mass is 9.63. The van der Waals surface area contributed by atoms with E-state index in [1.807, 2.05) is 12.1 Å². The summed E-state index contributed by atoms with van der Waals surface area (Å²) in [7, 11) is 0. The van der Waals surface area contributed by atoms with Crippen molar-refractivity contribution in [2.24, 2.45) is 0 Å². The molecule has 3 rings (SSSR count). The largest absolute Gasteiger partial charge is 0.478 e. The molecule has 29 heavy (non-hydrogen) atoms. The summed E-state index contributed by atoms with van der Waals surface area (Å²) in [6, 6.07) is 8.75. The fraction of sp³-hybridized carbons (Fsp3) is 0.391. The number of hydrogen-bond donors (Lipinski definition) is 3. The molecule has 6 heteroatoms. The van der Waals surface area contributed by atoms with E-state index in [9.17, 15) is 19.1 Å². The Morgan fingerprint density at radius 3 is 2.28 bits per heavy atom. The van der Waals surface area contributed by atoms with Crippen molar-refractivity contribution in [2.45, 2.75) is 57.5 Å². The van der Waals surface area contributed by atoms with Crippen LogP contribution in [0.25, 0.3) is 0 Å². The standard InChI is InChI=1S/C23H26FNO4/c1-22(2)9-10-23(3,4)16-11-13(5-7-15(16)22)19(26)20(27)25-18-8-6-14(21(28)29)12-17(18)24/h5-8,11-12,19,26H,9-10H2,1-4H3,(H,25,27)(H,28,29)/t19-/m1/s1/i19+2,20+2. The summed E-state index contributed by atoms with van der Waals surface area (Å²) in [6.07, 6.45) is 0.584. The van der Waals surface area contributed by atoms with Crippen molar-refractivity contribution in [2.75, 3.05) is 5.32 Å². The van der Waals surface area contributed by atoms with Gasteiger partial charge in [-0.05, 0) is 58.6 Å². The van der Waals surface area contributed by atoms with E-state index in [-0.39, 0.29) is 22.1 Å². The number of fused-ring (bicyclic) bond motifs is 1. The van der Waals surface area contributed by atoms with Crippen LogP contribution in [0.5, 0.6) is 0 Å². The zero-order chi connectivity index (χ0) is 21.6. The first-order valence-electron chi connectivity index (χ1n) is 9.59. The van der Waals surface area contributed by atoms with Gasteiger partial charge >= 0.3 is 5.97 Å². The van der Waals surface area contributed by atoms with E-state index in [2.05, 4.69) is 33.0 Å². The number of carbonyl (C=O) groups is 2. The third kappa shape index (κ3) is 4.03. The highest BCUT2D eigenvalue weighted by Gasteiger charge is 2.37. The van der Waals surface area contributed by atoms with Crippen molar-refractivity contribution in [3.8, 4) is 0 Å². The van der Waals surface area contributed by atoms with Crippen LogP contribution in [0.2, 0.25) is 0 Å². The second-order valence-corrected chi connectivity index (χ2v) is 8.96. The third-order valence-electron chi connectivity index (χ3n) is 5.91. The summed E-state index contributed by atoms with van der Waals surface area (Å²) in [5, 5.41) is 21.8. The van der Waals surface area contributed by atoms with Crippen LogP contribution in [0.15, 0.2) is 36.4 Å². The van der Waals surface area contributed by atoms with Crippen LogP contribution >= 0.6 is 0 Å². The zero-order valence-corrected chi connectivity index (χ0v) is 17.0. The predicted molar refractivity (Wildman–Crippen MR) is 109 cm³/mol. The molecule has 0 unspecified atom stereocenters. The van der Waals surface area contributed by atoms with E-state index >= 15 is 0 Å². The number of rotatable bonds is 4. The van der Waals surface area contributed by atoms with Gasteiger partial charge in [-0.1, -0.05) is 45.9 Å². The number of carboxylic acids is 1. The molecule has 0 bridgehead atoms. The van der Waals surface area contributed by atoms with Gasteiger partial charge < -0.3 is 15.5 Å². The number of hydrogen-bond acceptors (Lipinski definition) is 3. The topological polar surface area (TPSA) is 86.6 Å². The molecule has 0 aliphatic heterocycles. The third-order valence-corrected chi connectivity index (χ3v) is 5.91. The van der Waals surface area contributed by atoms with Gasteiger partial charge in [0.1, 0.15) is 5.82 Å². The molecule has 0 radical (unpaired) electrons. The van der Waals surface area contributed by atoms with Gasteiger partial charge in [-0.3, -0.25) is 4.79 Å². The highest BCUT2D eigenvalue weighted by molar-refractivity contribution is 5.95. The zero-order valence-electron chi connectivity index (χ0n) is 17.0. The number of aromatic carboxylic acids is 1. The van der Waals surface area contributed by atoms with Crippen LogP contribution in [0.3, 0.4) is 0 Å². The number of carboxylic acid groups (broad SMARTS) is 1. The monoisotopic (exact) mass is 403 g/mol. The second kappa shape index (κ2) is 7.26. The van der Waals surface area contributed by atoms with E-state index in [1.165, 1.54) is 17.7 Å². The first-order chi connectivity index (χ1) is 13.4. The van der Waals surface area contributed by atoms with Crippen LogP contribution in [0, 0.1) is 5.82 Å². The summed E-state index contributed by atoms with van der Waals surface area (Å²) in [5.74, 6) is -2.92. The second-order valence-electron chi connectivity index (χ2n) is 8.96. The molecule has 1 aliphatic rings. The maximum atomic E-state index is 14.1. The van der Waals surface area contributed by atoms with E-state index in [0.717, 1.165) is 24.5 Å². The van der Waals surface area contributed by atoms with Crippen LogP contribution in [0.1, 0.15) is 73.7 Å². The van der Waals surface area contributed by atoms with Gasteiger partial charge in [-0.25, -0.2) is 9.18 Å². The fourth-order valence-corrected chi connectivity index (χ4v) is 3.88. The number of aliphatic hydroxyl groups excluding tert-OH is 1. The number of benzene rings is 2. The number of aliphatic hydroxyl groups is 1. The Hall–Kier alpha value is -2.73. The maximum Gasteiger partial charge on any atom is 0.335 e. The molecule has 2 aromatic carbocycles. The minimum atomic E-state index is -1.47. The summed E-state index contributed by atoms with van der Waals surface area (Å²) < 4.78 is 14.1. The summed E-state index contributed by atoms with van der Waals surface area (Å²) in [4.78, 5) is 23.4. The van der Waals surface area contributed by atoms with Gasteiger partial charge in [0.25, 0.3) is 5.91 Å². The molecule has 2 aromatic rings. The quantitative estimate of drug-likeness (QED) is 0.699. The molecule has 0 saturated carbocycles. The Balaban J connectivity index is 1.86. The fourth-order valence-electron chi connectivity index (χ4n) is 3.88. The van der Waals surface area contributed by atoms with E-state index in [0.29, 0.717) is 5.56 Å². The number of halogens is 1. The molecular weight excluding hydrogens is 377 g/mol. The van der Waals surface area contributed by atoms with E-state index in [4.69, 9.17) is 5.11 Å². The molecule has 5 nitrogen and oxygen atoms in total. The molecule has 154 valence electrons. The molecule has 0 saturated heterocycles. The molecule has 1 atom stereocenters. The van der Waals surface area contributed by atoms with E-state index in [1.54, 1.807) is 6.07 Å². The molecule has 3 N–H and O–H groups in total. The molecule has 0 spiro atoms. The van der Waals surface area contributed by atoms with Crippen LogP contribution < -0.4 is 5.32 Å². The van der Waals surface area contributed by atoms with Crippen molar-refractivity contribution in [1.29, 1.82) is 0 Å². The normalized spacial score (nSPS) is 17.9. The summed E-state index contributed by atoms with van der Waals surface area (Å²) in [6.45, 7) is 8.67. The van der Waals surface area contributed by atoms with Crippen molar-refractivity contribution < 1.29 is 24.2 Å². The first kappa shape index (κ1) is 21.0. The Kier molecular flexibility index (Phi) is 5.26. The summed E-state index contributed by atoms with van der Waals surface area (Å²) in [5.41, 5.74) is 2.30. The van der Waals surface area contributed by atoms with Crippen molar-refractivity contribution in [1.82, 2.24) is 0 Å². The minimum Gasteiger partial charge on any atom is -0.478 e. The first-order valence-corrected chi connectivity index (χ1v) is 9.59. The number of amides is 1. The van der Waals surface area contributed by atoms with Crippen LogP contribution in [-0.4, -0.2) is 22.1 Å². The Morgan fingerprint density at radius 1 is 1.07 bits per heavy atom. The number of anilines is 1. The molecular formula is C23H26FNO4. The smallest absolute Gasteiger partial charge is 0.335 e. The minimum absolute atomic E-state index is 0.0195. The lowest BCUT2D eigenvalue weighted by molar-refractivity contribution is -0.124. The maximum absolute atomic E-state index is 14.1. The van der Waals surface area contributed by atoms with Crippen molar-refractivity contribution in [3.05, 3.63) is 64.5 Å². The average molecular weight is 403 g/mol. The van der Waals surface area contributed by atoms with Gasteiger partial charge in [-0.2, -0.15) is 0 Å². The lowest BCUT2D eigenvalue weighted by Gasteiger charge is -2.42. The van der Waals surface area contributed by atoms with Gasteiger partial charge in [0, 0.05) is 0 Å². The van der Waals surface area contributed by atoms with Gasteiger partial charge in [0.2, 0.25) is 0 Å². The molecule has 1 aliphatic carbocycles. The molecule has 0 fully saturated rings. The van der Waals surface area contributed by atoms with Gasteiger partial charge in [-0.15, -0.1) is 0 Å². The van der Waals surface area contributed by atoms with Gasteiger partial charge in [0.15, 0.2) is 6.10 Å². The average Bonchev–Trinajstić information content (AvgIpc) is 2.66. The Bertz CT molecular complexity index is 981. The van der Waals surface area contributed by atoms with Gasteiger partial charge in [0.05, 0.1) is 11.3 Å². The molecule has 0 heterocycles. The number of nitrogens with one attached hydrogen (secondary N) is 1. The predicted octanol–water partition coefficient (Wildman–Crippen LogP) is 4.55. The van der Waals surface area contributed by atoms with Crippen molar-refractivity contribution >= 4 is 17.6 Å². The van der Waals surface area contributed by atoms with Crippen molar-refractivity contribution in [3.63, 3.8) is 0 Å². The lowest BCUT2D eigenvalue weighted by Crippen LogP contribution is -2.34. The van der Waals surface area contributed by atoms with Crippen LogP contribution in [0.4, 0.5) is 10.1 Å². The molecule has 0 aromatic heterocycles. The highest BCUT2D eigenvalue weighted by atomic mass is 19.1.